The predicted octanol–water partition coefficient (Wildman–Crippen LogP) is 3.21. The topological polar surface area (TPSA) is 15.3 Å². The SMILES string of the molecule is CCN1CCCC1CNC(c1ccccc1)C1CC1. The molecule has 1 aliphatic heterocycles. The maximum absolute atomic E-state index is 3.86. The number of hydrogen-bond donors (Lipinski definition) is 1. The van der Waals surface area contributed by atoms with Crippen molar-refractivity contribution >= 4 is 0 Å². The first-order chi connectivity index (χ1) is 9.38. The standard InChI is InChI=1S/C17H26N2/c1-2-19-12-6-9-16(19)13-18-17(15-10-11-15)14-7-4-3-5-8-14/h3-5,7-8,15-18H,2,6,9-13H2,1H3. The average Bonchev–Trinajstić information content (AvgIpc) is 3.18. The largest absolute Gasteiger partial charge is 0.308 e. The predicted molar refractivity (Wildman–Crippen MR) is 80.2 cm³/mol. The molecule has 104 valence electrons. The Morgan fingerprint density at radius 1 is 1.21 bits per heavy atom. The van der Waals surface area contributed by atoms with Crippen LogP contribution in [0, 0.1) is 5.92 Å². The van der Waals surface area contributed by atoms with E-state index < -0.39 is 0 Å². The second-order valence-electron chi connectivity index (χ2n) is 6.06. The Hall–Kier alpha value is -0.860. The van der Waals surface area contributed by atoms with E-state index in [4.69, 9.17) is 0 Å². The van der Waals surface area contributed by atoms with E-state index in [9.17, 15) is 0 Å². The Bertz CT molecular complexity index is 386. The van der Waals surface area contributed by atoms with Crippen LogP contribution in [0.5, 0.6) is 0 Å². The highest BCUT2D eigenvalue weighted by Gasteiger charge is 2.33. The maximum Gasteiger partial charge on any atom is 0.0349 e. The molecule has 19 heavy (non-hydrogen) atoms. The normalized spacial score (nSPS) is 25.6. The highest BCUT2D eigenvalue weighted by Crippen LogP contribution is 2.41. The highest BCUT2D eigenvalue weighted by atomic mass is 15.2. The number of nitrogens with one attached hydrogen (secondary N) is 1. The Morgan fingerprint density at radius 3 is 2.68 bits per heavy atom. The van der Waals surface area contributed by atoms with Gasteiger partial charge >= 0.3 is 0 Å². The lowest BCUT2D eigenvalue weighted by atomic mass is 10.0. The molecular formula is C17H26N2. The summed E-state index contributed by atoms with van der Waals surface area (Å²) in [6, 6.07) is 12.4. The van der Waals surface area contributed by atoms with Gasteiger partial charge < -0.3 is 5.32 Å². The summed E-state index contributed by atoms with van der Waals surface area (Å²) in [5.74, 6) is 0.874. The fourth-order valence-corrected chi connectivity index (χ4v) is 3.45. The van der Waals surface area contributed by atoms with Crippen molar-refractivity contribution in [2.75, 3.05) is 19.6 Å². The molecule has 1 aromatic carbocycles. The summed E-state index contributed by atoms with van der Waals surface area (Å²) in [5.41, 5.74) is 1.48. The van der Waals surface area contributed by atoms with Gasteiger partial charge in [0.1, 0.15) is 0 Å². The van der Waals surface area contributed by atoms with Crippen molar-refractivity contribution in [3.05, 3.63) is 35.9 Å². The number of likely N-dealkylation sites (N-methyl/N-ethyl adjacent to an activating group) is 1. The highest BCUT2D eigenvalue weighted by molar-refractivity contribution is 5.21. The van der Waals surface area contributed by atoms with Crippen LogP contribution in [0.4, 0.5) is 0 Å². The first-order valence-corrected chi connectivity index (χ1v) is 7.91. The van der Waals surface area contributed by atoms with Crippen molar-refractivity contribution in [1.82, 2.24) is 10.2 Å². The smallest absolute Gasteiger partial charge is 0.0349 e. The van der Waals surface area contributed by atoms with Crippen LogP contribution in [-0.4, -0.2) is 30.6 Å². The van der Waals surface area contributed by atoms with Crippen molar-refractivity contribution in [3.63, 3.8) is 0 Å². The fraction of sp³-hybridized carbons (Fsp3) is 0.647. The van der Waals surface area contributed by atoms with Gasteiger partial charge in [0.15, 0.2) is 0 Å². The van der Waals surface area contributed by atoms with Gasteiger partial charge in [-0.05, 0) is 50.3 Å². The third-order valence-electron chi connectivity index (χ3n) is 4.73. The van der Waals surface area contributed by atoms with Crippen LogP contribution < -0.4 is 5.32 Å². The zero-order valence-electron chi connectivity index (χ0n) is 12.0. The number of hydrogen-bond acceptors (Lipinski definition) is 2. The van der Waals surface area contributed by atoms with Crippen molar-refractivity contribution < 1.29 is 0 Å². The quantitative estimate of drug-likeness (QED) is 0.843. The van der Waals surface area contributed by atoms with E-state index in [1.165, 1.54) is 44.3 Å². The lowest BCUT2D eigenvalue weighted by molar-refractivity contribution is 0.251. The Morgan fingerprint density at radius 2 is 2.00 bits per heavy atom. The second-order valence-corrected chi connectivity index (χ2v) is 6.06. The lowest BCUT2D eigenvalue weighted by Crippen LogP contribution is -2.39. The van der Waals surface area contributed by atoms with Gasteiger partial charge in [-0.3, -0.25) is 4.90 Å². The maximum atomic E-state index is 3.86. The van der Waals surface area contributed by atoms with Crippen LogP contribution in [0.25, 0.3) is 0 Å². The van der Waals surface area contributed by atoms with E-state index in [2.05, 4.69) is 47.5 Å². The molecule has 0 radical (unpaired) electrons. The second kappa shape index (κ2) is 6.06. The molecule has 3 rings (SSSR count). The van der Waals surface area contributed by atoms with E-state index in [1.54, 1.807) is 0 Å². The van der Waals surface area contributed by atoms with Crippen molar-refractivity contribution in [2.24, 2.45) is 5.92 Å². The fourth-order valence-electron chi connectivity index (χ4n) is 3.45. The minimum Gasteiger partial charge on any atom is -0.308 e. The van der Waals surface area contributed by atoms with Gasteiger partial charge in [-0.15, -0.1) is 0 Å². The molecule has 2 atom stereocenters. The number of likely N-dealkylation sites (tertiary alicyclic amines) is 1. The number of benzene rings is 1. The molecule has 1 saturated carbocycles. The van der Waals surface area contributed by atoms with Gasteiger partial charge in [0, 0.05) is 18.6 Å². The van der Waals surface area contributed by atoms with Gasteiger partial charge in [0.25, 0.3) is 0 Å². The van der Waals surface area contributed by atoms with Gasteiger partial charge in [0.05, 0.1) is 0 Å². The number of nitrogens with zero attached hydrogens (tertiary/aromatic N) is 1. The summed E-state index contributed by atoms with van der Waals surface area (Å²) in [4.78, 5) is 2.63. The van der Waals surface area contributed by atoms with E-state index >= 15 is 0 Å². The number of rotatable bonds is 6. The molecule has 1 aliphatic carbocycles. The zero-order chi connectivity index (χ0) is 13.1. The average molecular weight is 258 g/mol. The van der Waals surface area contributed by atoms with Gasteiger partial charge in [-0.2, -0.15) is 0 Å². The summed E-state index contributed by atoms with van der Waals surface area (Å²) in [7, 11) is 0. The summed E-state index contributed by atoms with van der Waals surface area (Å²) in [6.07, 6.45) is 5.54. The van der Waals surface area contributed by atoms with E-state index in [-0.39, 0.29) is 0 Å². The lowest BCUT2D eigenvalue weighted by Gasteiger charge is -2.26. The molecule has 2 unspecified atom stereocenters. The molecule has 1 saturated heterocycles. The summed E-state index contributed by atoms with van der Waals surface area (Å²) in [6.45, 7) is 5.94. The molecule has 2 aliphatic rings. The molecule has 0 spiro atoms. The zero-order valence-corrected chi connectivity index (χ0v) is 12.0. The first-order valence-electron chi connectivity index (χ1n) is 7.91. The molecule has 0 amide bonds. The van der Waals surface area contributed by atoms with Crippen LogP contribution in [0.2, 0.25) is 0 Å². The van der Waals surface area contributed by atoms with Gasteiger partial charge in [0.2, 0.25) is 0 Å². The van der Waals surface area contributed by atoms with E-state index in [0.29, 0.717) is 6.04 Å². The summed E-state index contributed by atoms with van der Waals surface area (Å²) < 4.78 is 0. The summed E-state index contributed by atoms with van der Waals surface area (Å²) in [5, 5.41) is 3.86. The minimum absolute atomic E-state index is 0.584. The van der Waals surface area contributed by atoms with Gasteiger partial charge in [-0.1, -0.05) is 37.3 Å². The molecule has 1 N–H and O–H groups in total. The van der Waals surface area contributed by atoms with Crippen molar-refractivity contribution in [2.45, 2.75) is 44.7 Å². The van der Waals surface area contributed by atoms with Crippen LogP contribution in [0.15, 0.2) is 30.3 Å². The third kappa shape index (κ3) is 3.18. The Labute approximate surface area is 117 Å². The molecule has 2 nitrogen and oxygen atoms in total. The Kier molecular flexibility index (Phi) is 4.19. The molecular weight excluding hydrogens is 232 g/mol. The molecule has 0 bridgehead atoms. The van der Waals surface area contributed by atoms with Crippen LogP contribution in [0.3, 0.4) is 0 Å². The molecule has 0 aromatic heterocycles. The third-order valence-corrected chi connectivity index (χ3v) is 4.73. The molecule has 1 aromatic rings. The van der Waals surface area contributed by atoms with Crippen LogP contribution in [-0.2, 0) is 0 Å². The minimum atomic E-state index is 0.584. The van der Waals surface area contributed by atoms with E-state index in [0.717, 1.165) is 18.5 Å². The van der Waals surface area contributed by atoms with Crippen molar-refractivity contribution in [3.8, 4) is 0 Å². The van der Waals surface area contributed by atoms with Crippen LogP contribution >= 0.6 is 0 Å². The van der Waals surface area contributed by atoms with Crippen LogP contribution in [0.1, 0.15) is 44.2 Å². The van der Waals surface area contributed by atoms with E-state index in [1.807, 2.05) is 0 Å². The monoisotopic (exact) mass is 258 g/mol. The molecule has 2 heteroatoms. The molecule has 1 heterocycles. The Balaban J connectivity index is 1.60. The summed E-state index contributed by atoms with van der Waals surface area (Å²) >= 11 is 0. The first kappa shape index (κ1) is 13.1. The molecule has 2 fully saturated rings. The van der Waals surface area contributed by atoms with Crippen molar-refractivity contribution in [1.29, 1.82) is 0 Å². The van der Waals surface area contributed by atoms with Gasteiger partial charge in [-0.25, -0.2) is 0 Å².